The summed E-state index contributed by atoms with van der Waals surface area (Å²) in [6, 6.07) is 0. The Morgan fingerprint density at radius 2 is 1.55 bits per heavy atom. The molecule has 1 atom stereocenters. The molecule has 0 saturated carbocycles. The topological polar surface area (TPSA) is 38.3 Å². The van der Waals surface area contributed by atoms with Gasteiger partial charge >= 0.3 is 0 Å². The summed E-state index contributed by atoms with van der Waals surface area (Å²) in [5.74, 6) is 0.126. The first-order chi connectivity index (χ1) is 9.70. The highest BCUT2D eigenvalue weighted by atomic mass is 16.5. The molecule has 119 valence electrons. The third-order valence-corrected chi connectivity index (χ3v) is 3.44. The molecule has 0 aromatic heterocycles. The number of ether oxygens (including phenoxy) is 1. The second kappa shape index (κ2) is 14.8. The lowest BCUT2D eigenvalue weighted by molar-refractivity contribution is -0.121. The molecule has 3 nitrogen and oxygen atoms in total. The van der Waals surface area contributed by atoms with E-state index in [1.807, 2.05) is 6.92 Å². The van der Waals surface area contributed by atoms with Crippen LogP contribution in [0.5, 0.6) is 0 Å². The molecule has 0 aromatic carbocycles. The van der Waals surface area contributed by atoms with Crippen LogP contribution in [0.1, 0.15) is 78.1 Å². The van der Waals surface area contributed by atoms with Crippen LogP contribution in [0.3, 0.4) is 0 Å². The minimum atomic E-state index is -0.132. The van der Waals surface area contributed by atoms with Gasteiger partial charge in [-0.3, -0.25) is 4.79 Å². The van der Waals surface area contributed by atoms with Crippen LogP contribution in [0.2, 0.25) is 0 Å². The SMILES string of the molecule is [CH2]C(CNC(=O)CCCCCCCCCCC)OCC. The molecule has 0 saturated heterocycles. The largest absolute Gasteiger partial charge is 0.377 e. The zero-order valence-corrected chi connectivity index (χ0v) is 13.6. The minimum absolute atomic E-state index is 0.126. The Hall–Kier alpha value is -0.570. The predicted octanol–water partition coefficient (Wildman–Crippen LogP) is 4.26. The molecule has 0 bridgehead atoms. The van der Waals surface area contributed by atoms with Gasteiger partial charge in [0.05, 0.1) is 6.10 Å². The standard InChI is InChI=1S/C17H34NO2/c1-4-6-7-8-9-10-11-12-13-14-17(19)18-15-16(3)20-5-2/h16H,3-15H2,1-2H3,(H,18,19). The van der Waals surface area contributed by atoms with E-state index in [0.717, 1.165) is 6.42 Å². The van der Waals surface area contributed by atoms with Crippen molar-refractivity contribution in [3.05, 3.63) is 6.92 Å². The van der Waals surface area contributed by atoms with E-state index in [4.69, 9.17) is 4.74 Å². The fraction of sp³-hybridized carbons (Fsp3) is 0.882. The molecule has 1 amide bonds. The van der Waals surface area contributed by atoms with Crippen molar-refractivity contribution < 1.29 is 9.53 Å². The van der Waals surface area contributed by atoms with Gasteiger partial charge in [0.2, 0.25) is 5.91 Å². The summed E-state index contributed by atoms with van der Waals surface area (Å²) in [7, 11) is 0. The smallest absolute Gasteiger partial charge is 0.220 e. The van der Waals surface area contributed by atoms with Crippen LogP contribution in [0, 0.1) is 6.92 Å². The summed E-state index contributed by atoms with van der Waals surface area (Å²) in [5.41, 5.74) is 0. The molecule has 3 heteroatoms. The van der Waals surface area contributed by atoms with Gasteiger partial charge in [0.15, 0.2) is 0 Å². The third kappa shape index (κ3) is 13.9. The molecule has 1 radical (unpaired) electrons. The highest BCUT2D eigenvalue weighted by Crippen LogP contribution is 2.10. The van der Waals surface area contributed by atoms with E-state index in [1.54, 1.807) is 0 Å². The number of carbonyl (C=O) groups is 1. The van der Waals surface area contributed by atoms with Crippen molar-refractivity contribution in [2.24, 2.45) is 0 Å². The summed E-state index contributed by atoms with van der Waals surface area (Å²) in [5, 5.41) is 2.87. The Morgan fingerprint density at radius 1 is 1.00 bits per heavy atom. The van der Waals surface area contributed by atoms with Gasteiger partial charge in [-0.2, -0.15) is 0 Å². The van der Waals surface area contributed by atoms with E-state index in [-0.39, 0.29) is 12.0 Å². The molecule has 20 heavy (non-hydrogen) atoms. The van der Waals surface area contributed by atoms with E-state index in [0.29, 0.717) is 19.6 Å². The van der Waals surface area contributed by atoms with Gasteiger partial charge in [-0.25, -0.2) is 0 Å². The maximum Gasteiger partial charge on any atom is 0.220 e. The lowest BCUT2D eigenvalue weighted by Gasteiger charge is -2.12. The number of hydrogen-bond acceptors (Lipinski definition) is 2. The molecular weight excluding hydrogens is 250 g/mol. The number of amides is 1. The van der Waals surface area contributed by atoms with Gasteiger partial charge < -0.3 is 10.1 Å². The van der Waals surface area contributed by atoms with Crippen LogP contribution in [0.25, 0.3) is 0 Å². The second-order valence-electron chi connectivity index (χ2n) is 5.46. The van der Waals surface area contributed by atoms with Crippen LogP contribution >= 0.6 is 0 Å². The molecule has 0 rings (SSSR count). The van der Waals surface area contributed by atoms with Crippen LogP contribution in [0.4, 0.5) is 0 Å². The van der Waals surface area contributed by atoms with Gasteiger partial charge in [-0.1, -0.05) is 58.3 Å². The van der Waals surface area contributed by atoms with Crippen molar-refractivity contribution in [2.45, 2.75) is 84.2 Å². The lowest BCUT2D eigenvalue weighted by atomic mass is 10.1. The zero-order chi connectivity index (χ0) is 15.1. The van der Waals surface area contributed by atoms with E-state index in [2.05, 4.69) is 19.2 Å². The average molecular weight is 284 g/mol. The normalized spacial score (nSPS) is 12.3. The van der Waals surface area contributed by atoms with Gasteiger partial charge in [-0.05, 0) is 20.3 Å². The van der Waals surface area contributed by atoms with Gasteiger partial charge in [0, 0.05) is 19.6 Å². The van der Waals surface area contributed by atoms with Crippen LogP contribution < -0.4 is 5.32 Å². The zero-order valence-electron chi connectivity index (χ0n) is 13.6. The molecule has 0 aliphatic heterocycles. The maximum absolute atomic E-state index is 11.6. The fourth-order valence-corrected chi connectivity index (χ4v) is 2.21. The second-order valence-corrected chi connectivity index (χ2v) is 5.46. The summed E-state index contributed by atoms with van der Waals surface area (Å²) in [6.07, 6.45) is 12.0. The molecule has 0 aliphatic carbocycles. The first-order valence-electron chi connectivity index (χ1n) is 8.42. The quantitative estimate of drug-likeness (QED) is 0.484. The van der Waals surface area contributed by atoms with Crippen molar-refractivity contribution in [1.29, 1.82) is 0 Å². The van der Waals surface area contributed by atoms with Crippen LogP contribution in [0.15, 0.2) is 0 Å². The third-order valence-electron chi connectivity index (χ3n) is 3.44. The molecular formula is C17H34NO2. The van der Waals surface area contributed by atoms with Gasteiger partial charge in [0.25, 0.3) is 0 Å². The first-order valence-corrected chi connectivity index (χ1v) is 8.42. The molecule has 0 aromatic rings. The number of unbranched alkanes of at least 4 members (excludes halogenated alkanes) is 8. The van der Waals surface area contributed by atoms with Crippen LogP contribution in [-0.2, 0) is 9.53 Å². The van der Waals surface area contributed by atoms with E-state index in [1.165, 1.54) is 51.4 Å². The summed E-state index contributed by atoms with van der Waals surface area (Å²) < 4.78 is 5.26. The molecule has 0 fully saturated rings. The number of rotatable bonds is 14. The van der Waals surface area contributed by atoms with Crippen molar-refractivity contribution in [1.82, 2.24) is 5.32 Å². The predicted molar refractivity (Wildman–Crippen MR) is 85.6 cm³/mol. The van der Waals surface area contributed by atoms with Crippen LogP contribution in [-0.4, -0.2) is 25.2 Å². The molecule has 1 unspecified atom stereocenters. The van der Waals surface area contributed by atoms with Crippen molar-refractivity contribution in [3.8, 4) is 0 Å². The minimum Gasteiger partial charge on any atom is -0.377 e. The molecule has 0 spiro atoms. The van der Waals surface area contributed by atoms with E-state index in [9.17, 15) is 4.79 Å². The summed E-state index contributed by atoms with van der Waals surface area (Å²) in [6.45, 7) is 9.15. The Morgan fingerprint density at radius 3 is 2.10 bits per heavy atom. The van der Waals surface area contributed by atoms with E-state index < -0.39 is 0 Å². The Labute approximate surface area is 125 Å². The molecule has 0 heterocycles. The van der Waals surface area contributed by atoms with Crippen molar-refractivity contribution in [3.63, 3.8) is 0 Å². The van der Waals surface area contributed by atoms with Crippen molar-refractivity contribution >= 4 is 5.91 Å². The average Bonchev–Trinajstić information content (AvgIpc) is 2.43. The first kappa shape index (κ1) is 19.4. The number of hydrogen-bond donors (Lipinski definition) is 1. The summed E-state index contributed by atoms with van der Waals surface area (Å²) in [4.78, 5) is 11.6. The lowest BCUT2D eigenvalue weighted by Crippen LogP contribution is -2.32. The Balaban J connectivity index is 3.23. The van der Waals surface area contributed by atoms with E-state index >= 15 is 0 Å². The highest BCUT2D eigenvalue weighted by Gasteiger charge is 2.04. The fourth-order valence-electron chi connectivity index (χ4n) is 2.21. The maximum atomic E-state index is 11.6. The van der Waals surface area contributed by atoms with Gasteiger partial charge in [-0.15, -0.1) is 0 Å². The Bertz CT molecular complexity index is 219. The Kier molecular flexibility index (Phi) is 14.4. The van der Waals surface area contributed by atoms with Crippen molar-refractivity contribution in [2.75, 3.05) is 13.2 Å². The highest BCUT2D eigenvalue weighted by molar-refractivity contribution is 5.75. The number of carbonyl (C=O) groups excluding carboxylic acids is 1. The number of nitrogens with one attached hydrogen (secondary N) is 1. The monoisotopic (exact) mass is 284 g/mol. The summed E-state index contributed by atoms with van der Waals surface area (Å²) >= 11 is 0. The molecule has 0 aliphatic rings. The molecule has 1 N–H and O–H groups in total. The van der Waals surface area contributed by atoms with Gasteiger partial charge in [0.1, 0.15) is 0 Å².